The van der Waals surface area contributed by atoms with Crippen LogP contribution in [0.2, 0.25) is 13.1 Å². The zero-order valence-electron chi connectivity index (χ0n) is 4.08. The molecule has 0 spiro atoms. The number of hydrogen-bond donors (Lipinski definition) is 0. The van der Waals surface area contributed by atoms with Crippen LogP contribution in [0.3, 0.4) is 0 Å². The van der Waals surface area contributed by atoms with E-state index >= 15 is 0 Å². The topological polar surface area (TPSA) is 23.8 Å². The maximum atomic E-state index is 6.72. The molecule has 0 saturated heterocycles. The van der Waals surface area contributed by atoms with Gasteiger partial charge in [0, 0.05) is 0 Å². The Morgan fingerprint density at radius 2 is 1.40 bits per heavy atom. The van der Waals surface area contributed by atoms with Crippen molar-refractivity contribution in [3.8, 4) is 0 Å². The summed E-state index contributed by atoms with van der Waals surface area (Å²) in [7, 11) is -0.889. The first-order valence-electron chi connectivity index (χ1n) is 1.44. The monoisotopic (exact) mass is 81.1 g/mol. The summed E-state index contributed by atoms with van der Waals surface area (Å²) in [4.78, 5) is 0. The van der Waals surface area contributed by atoms with Gasteiger partial charge in [0.25, 0.3) is 0 Å². The molecule has 0 aliphatic heterocycles. The Labute approximate surface area is 46.8 Å². The van der Waals surface area contributed by atoms with E-state index in [1.807, 2.05) is 13.1 Å². The summed E-state index contributed by atoms with van der Waals surface area (Å²) in [6.07, 6.45) is 0. The first-order chi connectivity index (χ1) is 1.73. The summed E-state index contributed by atoms with van der Waals surface area (Å²) >= 11 is 0. The second-order valence-corrected chi connectivity index (χ2v) is 3.46. The molecule has 0 aliphatic carbocycles. The molecule has 0 atom stereocenters. The van der Waals surface area contributed by atoms with E-state index in [1.165, 1.54) is 0 Å². The number of rotatable bonds is 0. The molecule has 0 unspecified atom stereocenters. The Kier molecular flexibility index (Phi) is 8.82. The molecule has 0 saturated carbocycles. The van der Waals surface area contributed by atoms with Gasteiger partial charge in [-0.1, -0.05) is 22.1 Å². The Bertz CT molecular complexity index is 14.4. The van der Waals surface area contributed by atoms with Crippen LogP contribution < -0.4 is 18.9 Å². The predicted octanol–water partition coefficient (Wildman–Crippen LogP) is -1.97. The molecule has 0 aromatic carbocycles. The molecule has 0 aromatic rings. The van der Waals surface area contributed by atoms with Gasteiger partial charge in [-0.25, -0.2) is 0 Å². The minimum Gasteiger partial charge on any atom is -0.682 e. The van der Waals surface area contributed by atoms with Crippen molar-refractivity contribution in [2.24, 2.45) is 0 Å². The van der Waals surface area contributed by atoms with Crippen molar-refractivity contribution in [2.75, 3.05) is 0 Å². The molecule has 26 valence electrons. The Morgan fingerprint density at radius 3 is 1.40 bits per heavy atom. The smallest absolute Gasteiger partial charge is 0.682 e. The summed E-state index contributed by atoms with van der Waals surface area (Å²) < 4.78 is 0. The van der Waals surface area contributed by atoms with Crippen LogP contribution in [0.15, 0.2) is 0 Å². The van der Waals surface area contributed by atoms with Crippen LogP contribution in [0.5, 0.6) is 0 Å². The fourth-order valence-corrected chi connectivity index (χ4v) is 0. The third-order valence-corrected chi connectivity index (χ3v) is 0. The maximum absolute atomic E-state index is 6.72. The summed E-state index contributed by atoms with van der Waals surface area (Å²) in [5.41, 5.74) is 0. The van der Waals surface area contributed by atoms with Crippen molar-refractivity contribution in [3.05, 3.63) is 5.40 Å². The summed E-state index contributed by atoms with van der Waals surface area (Å²) in [5, 5.41) is 6.72. The molecule has 1 nitrogen and oxygen atoms in total. The van der Waals surface area contributed by atoms with Crippen molar-refractivity contribution < 1.29 is 18.9 Å². The van der Waals surface area contributed by atoms with Gasteiger partial charge in [-0.3, -0.25) is 0 Å². The van der Waals surface area contributed by atoms with Crippen LogP contribution in [0.1, 0.15) is 0 Å². The van der Waals surface area contributed by atoms with Gasteiger partial charge in [-0.05, 0) is 0 Å². The molecule has 0 bridgehead atoms. The molecule has 0 heterocycles. The third-order valence-electron chi connectivity index (χ3n) is 0. The van der Waals surface area contributed by atoms with E-state index in [-0.39, 0.29) is 18.9 Å². The predicted molar refractivity (Wildman–Crippen MR) is 23.2 cm³/mol. The van der Waals surface area contributed by atoms with E-state index in [4.69, 9.17) is 5.40 Å². The molecule has 0 fully saturated rings. The van der Waals surface area contributed by atoms with Gasteiger partial charge >= 0.3 is 18.9 Å². The summed E-state index contributed by atoms with van der Waals surface area (Å²) in [6, 6.07) is 0. The molecule has 1 N–H and O–H groups in total. The van der Waals surface area contributed by atoms with Crippen molar-refractivity contribution in [1.82, 2.24) is 0 Å². The van der Waals surface area contributed by atoms with E-state index in [9.17, 15) is 0 Å². The summed E-state index contributed by atoms with van der Waals surface area (Å²) in [5.74, 6) is 0. The zero-order valence-corrected chi connectivity index (χ0v) is 5.23. The average Bonchev–Trinajstić information content (AvgIpc) is 0.811. The Balaban J connectivity index is 0. The quantitative estimate of drug-likeness (QED) is 0.302. The molecular weight excluding hydrogens is 73.1 g/mol. The fourth-order valence-electron chi connectivity index (χ4n) is 0. The average molecular weight is 81.1 g/mol. The van der Waals surface area contributed by atoms with Gasteiger partial charge < -0.3 is 5.40 Å². The van der Waals surface area contributed by atoms with Gasteiger partial charge in [0.2, 0.25) is 0 Å². The Morgan fingerprint density at radius 1 is 1.40 bits per heavy atom. The minimum absolute atomic E-state index is 0. The second-order valence-electron chi connectivity index (χ2n) is 1.15. The van der Waals surface area contributed by atoms with Crippen molar-refractivity contribution in [3.63, 3.8) is 0 Å². The maximum Gasteiger partial charge on any atom is 1.00 e. The normalized spacial score (nSPS) is 7.20. The van der Waals surface area contributed by atoms with Gasteiger partial charge in [0.1, 0.15) is 0 Å². The second kappa shape index (κ2) is 4.77. The molecule has 0 aromatic heterocycles. The molecule has 0 rings (SSSR count). The largest absolute Gasteiger partial charge is 1.00 e. The summed E-state index contributed by atoms with van der Waals surface area (Å²) in [6.45, 7) is 3.94. The van der Waals surface area contributed by atoms with Crippen LogP contribution in [-0.4, -0.2) is 8.96 Å². The Hall–Kier alpha value is 0.774. The van der Waals surface area contributed by atoms with Gasteiger partial charge in [-0.15, -0.1) is 0 Å². The number of hydrogen-bond acceptors (Lipinski definition) is 0. The number of nitrogens with one attached hydrogen (secondary N) is 1. The molecule has 0 radical (unpaired) electrons. The van der Waals surface area contributed by atoms with Crippen LogP contribution in [0.25, 0.3) is 5.40 Å². The third kappa shape index (κ3) is 61.3. The van der Waals surface area contributed by atoms with E-state index in [1.54, 1.807) is 0 Å². The van der Waals surface area contributed by atoms with Gasteiger partial charge in [0.15, 0.2) is 0 Å². The van der Waals surface area contributed by atoms with Crippen molar-refractivity contribution in [1.29, 1.82) is 0 Å². The van der Waals surface area contributed by atoms with E-state index in [2.05, 4.69) is 0 Å². The van der Waals surface area contributed by atoms with Crippen LogP contribution >= 0.6 is 0 Å². The zero-order chi connectivity index (χ0) is 3.58. The van der Waals surface area contributed by atoms with Crippen molar-refractivity contribution >= 4 is 8.96 Å². The molecule has 0 amide bonds. The van der Waals surface area contributed by atoms with Crippen molar-refractivity contribution in [2.45, 2.75) is 13.1 Å². The molecule has 5 heavy (non-hydrogen) atoms. The minimum atomic E-state index is -0.889. The van der Waals surface area contributed by atoms with E-state index in [0.29, 0.717) is 0 Å². The van der Waals surface area contributed by atoms with Gasteiger partial charge in [0.05, 0.1) is 0 Å². The van der Waals surface area contributed by atoms with E-state index in [0.717, 1.165) is 0 Å². The van der Waals surface area contributed by atoms with Gasteiger partial charge in [-0.2, -0.15) is 0 Å². The first kappa shape index (κ1) is 9.24. The van der Waals surface area contributed by atoms with Crippen LogP contribution in [0, 0.1) is 0 Å². The molecule has 0 aliphatic rings. The van der Waals surface area contributed by atoms with Crippen LogP contribution in [-0.2, 0) is 0 Å². The SMILES string of the molecule is C[SiH](C)[NH-].[Li+]. The van der Waals surface area contributed by atoms with Crippen LogP contribution in [0.4, 0.5) is 0 Å². The van der Waals surface area contributed by atoms with E-state index < -0.39 is 8.96 Å². The standard InChI is InChI=1S/C2H8NSi.Li/c1-4(2)3;/h3-4H,1-2H3;/q-1;+1. The first-order valence-corrected chi connectivity index (χ1v) is 4.33. The molecular formula is C2H8LiNSi. The fraction of sp³-hybridized carbons (Fsp3) is 1.00. The molecule has 3 heteroatoms.